The molecule has 122 valence electrons. The zero-order valence-electron chi connectivity index (χ0n) is 12.4. The Morgan fingerprint density at radius 3 is 2.55 bits per heavy atom. The number of rotatable bonds is 3. The molecule has 1 saturated carbocycles. The molecule has 2 aromatic heterocycles. The van der Waals surface area contributed by atoms with Gasteiger partial charge in [-0.1, -0.05) is 0 Å². The summed E-state index contributed by atoms with van der Waals surface area (Å²) < 4.78 is 1.76. The number of imidazole rings is 1. The number of aromatic nitrogens is 4. The van der Waals surface area contributed by atoms with Crippen LogP contribution in [0.3, 0.4) is 0 Å². The molecule has 0 bridgehead atoms. The number of anilines is 1. The maximum Gasteiger partial charge on any atom is 0.165 e. The van der Waals surface area contributed by atoms with Crippen molar-refractivity contribution in [3.63, 3.8) is 0 Å². The highest BCUT2D eigenvalue weighted by atomic mass is 35.5. The molecule has 0 spiro atoms. The van der Waals surface area contributed by atoms with E-state index in [1.54, 1.807) is 10.9 Å². The van der Waals surface area contributed by atoms with Gasteiger partial charge in [0, 0.05) is 26.6 Å². The second-order valence-electron chi connectivity index (χ2n) is 5.64. The van der Waals surface area contributed by atoms with Gasteiger partial charge in [0.2, 0.25) is 0 Å². The van der Waals surface area contributed by atoms with Crippen molar-refractivity contribution in [2.45, 2.75) is 24.7 Å². The van der Waals surface area contributed by atoms with Gasteiger partial charge in [0.25, 0.3) is 0 Å². The lowest BCUT2D eigenvalue weighted by atomic mass is 10.1. The number of fused-ring (bicyclic) bond motifs is 1. The van der Waals surface area contributed by atoms with Gasteiger partial charge in [-0.3, -0.25) is 0 Å². The van der Waals surface area contributed by atoms with Crippen LogP contribution < -0.4 is 4.90 Å². The van der Waals surface area contributed by atoms with Gasteiger partial charge in [-0.2, -0.15) is 0 Å². The van der Waals surface area contributed by atoms with Gasteiger partial charge in [0.15, 0.2) is 17.0 Å². The summed E-state index contributed by atoms with van der Waals surface area (Å²) in [5, 5.41) is 29.4. The van der Waals surface area contributed by atoms with Gasteiger partial charge in [-0.25, -0.2) is 15.0 Å². The van der Waals surface area contributed by atoms with E-state index in [1.807, 2.05) is 19.0 Å². The zero-order chi connectivity index (χ0) is 15.1. The van der Waals surface area contributed by atoms with E-state index in [0.29, 0.717) is 23.4 Å². The van der Waals surface area contributed by atoms with Crippen LogP contribution in [-0.4, -0.2) is 67.7 Å². The summed E-state index contributed by atoms with van der Waals surface area (Å²) >= 11 is 0. The van der Waals surface area contributed by atoms with Crippen LogP contribution in [0.25, 0.3) is 11.2 Å². The molecule has 4 atom stereocenters. The Bertz CT molecular complexity index is 650. The highest BCUT2D eigenvalue weighted by molar-refractivity contribution is 5.85. The number of hydrogen-bond donors (Lipinski definition) is 3. The molecule has 2 aromatic rings. The molecule has 0 aromatic carbocycles. The largest absolute Gasteiger partial charge is 0.396 e. The molecule has 22 heavy (non-hydrogen) atoms. The Morgan fingerprint density at radius 1 is 1.23 bits per heavy atom. The molecule has 0 radical (unpaired) electrons. The smallest absolute Gasteiger partial charge is 0.165 e. The van der Waals surface area contributed by atoms with Gasteiger partial charge in [-0.05, 0) is 6.42 Å². The quantitative estimate of drug-likeness (QED) is 0.702. The SMILES string of the molecule is CN(C)c1ncnc2c1ncn2C1CC(CO)C(O)C1O.Cl. The second kappa shape index (κ2) is 6.33. The number of halogens is 1. The highest BCUT2D eigenvalue weighted by Crippen LogP contribution is 2.37. The number of nitrogens with zero attached hydrogens (tertiary/aromatic N) is 5. The molecule has 3 rings (SSSR count). The monoisotopic (exact) mass is 329 g/mol. The predicted molar refractivity (Wildman–Crippen MR) is 83.1 cm³/mol. The summed E-state index contributed by atoms with van der Waals surface area (Å²) in [5.41, 5.74) is 1.26. The van der Waals surface area contributed by atoms with Crippen LogP contribution >= 0.6 is 12.4 Å². The number of aliphatic hydroxyl groups is 3. The standard InChI is InChI=1S/C13H19N5O3.ClH/c1-17(2)12-9-13(15-5-14-12)18(6-16-9)8-3-7(4-19)10(20)11(8)21;/h5-8,10-11,19-21H,3-4H2,1-2H3;1H. The molecule has 3 N–H and O–H groups in total. The summed E-state index contributed by atoms with van der Waals surface area (Å²) in [6, 6.07) is -0.355. The summed E-state index contributed by atoms with van der Waals surface area (Å²) in [7, 11) is 3.74. The molecule has 1 aliphatic carbocycles. The Labute approximate surface area is 133 Å². The van der Waals surface area contributed by atoms with E-state index in [2.05, 4.69) is 15.0 Å². The summed E-state index contributed by atoms with van der Waals surface area (Å²) in [4.78, 5) is 14.6. The van der Waals surface area contributed by atoms with E-state index in [0.717, 1.165) is 0 Å². The summed E-state index contributed by atoms with van der Waals surface area (Å²) in [6.07, 6.45) is 1.65. The third kappa shape index (κ3) is 2.52. The molecule has 2 heterocycles. The van der Waals surface area contributed by atoms with E-state index in [1.165, 1.54) is 6.33 Å². The van der Waals surface area contributed by atoms with E-state index in [4.69, 9.17) is 0 Å². The van der Waals surface area contributed by atoms with E-state index >= 15 is 0 Å². The van der Waals surface area contributed by atoms with Crippen molar-refractivity contribution in [1.82, 2.24) is 19.5 Å². The highest BCUT2D eigenvalue weighted by Gasteiger charge is 2.42. The molecule has 0 saturated heterocycles. The third-order valence-electron chi connectivity index (χ3n) is 4.13. The van der Waals surface area contributed by atoms with E-state index < -0.39 is 12.2 Å². The molecule has 0 aliphatic heterocycles. The first-order valence-corrected chi connectivity index (χ1v) is 6.86. The van der Waals surface area contributed by atoms with Crippen LogP contribution in [0.2, 0.25) is 0 Å². The van der Waals surface area contributed by atoms with Gasteiger partial charge < -0.3 is 24.8 Å². The lowest BCUT2D eigenvalue weighted by Gasteiger charge is -2.18. The summed E-state index contributed by atoms with van der Waals surface area (Å²) in [6.45, 7) is -0.153. The normalized spacial score (nSPS) is 27.9. The maximum absolute atomic E-state index is 10.2. The minimum Gasteiger partial charge on any atom is -0.396 e. The topological polar surface area (TPSA) is 108 Å². The van der Waals surface area contributed by atoms with Crippen molar-refractivity contribution in [2.24, 2.45) is 5.92 Å². The Hall–Kier alpha value is -1.48. The molecule has 1 fully saturated rings. The molecular weight excluding hydrogens is 310 g/mol. The van der Waals surface area contributed by atoms with Crippen molar-refractivity contribution < 1.29 is 15.3 Å². The first kappa shape index (κ1) is 16.9. The summed E-state index contributed by atoms with van der Waals surface area (Å²) in [5.74, 6) is 0.364. The Morgan fingerprint density at radius 2 is 1.95 bits per heavy atom. The van der Waals surface area contributed by atoms with E-state index in [-0.39, 0.29) is 31.0 Å². The fourth-order valence-corrected chi connectivity index (χ4v) is 2.97. The lowest BCUT2D eigenvalue weighted by molar-refractivity contribution is -0.00370. The van der Waals surface area contributed by atoms with Crippen LogP contribution in [0.15, 0.2) is 12.7 Å². The first-order valence-electron chi connectivity index (χ1n) is 6.86. The zero-order valence-corrected chi connectivity index (χ0v) is 13.2. The average molecular weight is 330 g/mol. The van der Waals surface area contributed by atoms with E-state index in [9.17, 15) is 15.3 Å². The third-order valence-corrected chi connectivity index (χ3v) is 4.13. The Balaban J connectivity index is 0.00000176. The van der Waals surface area contributed by atoms with Crippen molar-refractivity contribution in [1.29, 1.82) is 0 Å². The van der Waals surface area contributed by atoms with Crippen molar-refractivity contribution >= 4 is 29.4 Å². The van der Waals surface area contributed by atoms with Gasteiger partial charge in [0.05, 0.1) is 18.5 Å². The Kier molecular flexibility index (Phi) is 4.86. The van der Waals surface area contributed by atoms with Crippen LogP contribution in [0.1, 0.15) is 12.5 Å². The fourth-order valence-electron chi connectivity index (χ4n) is 2.97. The van der Waals surface area contributed by atoms with Crippen molar-refractivity contribution in [2.75, 3.05) is 25.6 Å². The van der Waals surface area contributed by atoms with Crippen LogP contribution in [0, 0.1) is 5.92 Å². The van der Waals surface area contributed by atoms with Crippen LogP contribution in [-0.2, 0) is 0 Å². The van der Waals surface area contributed by atoms with Crippen molar-refractivity contribution in [3.8, 4) is 0 Å². The van der Waals surface area contributed by atoms with Crippen molar-refractivity contribution in [3.05, 3.63) is 12.7 Å². The minimum absolute atomic E-state index is 0. The lowest BCUT2D eigenvalue weighted by Crippen LogP contribution is -2.30. The molecule has 4 unspecified atom stereocenters. The van der Waals surface area contributed by atoms with Gasteiger partial charge in [-0.15, -0.1) is 12.4 Å². The predicted octanol–water partition coefficient (Wildman–Crippen LogP) is -0.411. The maximum atomic E-state index is 10.2. The second-order valence-corrected chi connectivity index (χ2v) is 5.64. The molecular formula is C13H20ClN5O3. The molecule has 0 amide bonds. The number of hydrogen-bond acceptors (Lipinski definition) is 7. The number of aliphatic hydroxyl groups excluding tert-OH is 3. The molecule has 1 aliphatic rings. The van der Waals surface area contributed by atoms with Crippen LogP contribution in [0.5, 0.6) is 0 Å². The van der Waals surface area contributed by atoms with Crippen LogP contribution in [0.4, 0.5) is 5.82 Å². The molecule has 9 heteroatoms. The first-order chi connectivity index (χ1) is 10.0. The van der Waals surface area contributed by atoms with Gasteiger partial charge >= 0.3 is 0 Å². The molecule has 8 nitrogen and oxygen atoms in total. The fraction of sp³-hybridized carbons (Fsp3) is 0.615. The van der Waals surface area contributed by atoms with Gasteiger partial charge in [0.1, 0.15) is 12.4 Å². The minimum atomic E-state index is -0.947. The average Bonchev–Trinajstić information content (AvgIpc) is 3.01.